The summed E-state index contributed by atoms with van der Waals surface area (Å²) in [7, 11) is -3.27. The van der Waals surface area contributed by atoms with Crippen molar-refractivity contribution >= 4 is 28.5 Å². The summed E-state index contributed by atoms with van der Waals surface area (Å²) in [5.41, 5.74) is 0.319. The van der Waals surface area contributed by atoms with Gasteiger partial charge in [0.15, 0.2) is 0 Å². The highest BCUT2D eigenvalue weighted by Crippen LogP contribution is 2.21. The smallest absolute Gasteiger partial charge is 0.520 e. The lowest BCUT2D eigenvalue weighted by molar-refractivity contribution is 0.0978. The number of ether oxygens (including phenoxy) is 1. The quantitative estimate of drug-likeness (QED) is 0.748. The molecule has 2 rings (SSSR count). The Bertz CT molecular complexity index is 745. The summed E-state index contributed by atoms with van der Waals surface area (Å²) < 4.78 is 39.8. The summed E-state index contributed by atoms with van der Waals surface area (Å²) in [5.74, 6) is -0.365. The van der Waals surface area contributed by atoms with Gasteiger partial charge >= 0.3 is 7.12 Å². The first-order chi connectivity index (χ1) is 10.2. The fourth-order valence-electron chi connectivity index (χ4n) is 1.70. The molecule has 1 fully saturated rings. The fraction of sp³-hybridized carbons (Fsp3) is 0.167. The van der Waals surface area contributed by atoms with E-state index in [1.807, 2.05) is 4.72 Å². The van der Waals surface area contributed by atoms with Gasteiger partial charge < -0.3 is 14.0 Å². The molecular weight excluding hydrogens is 311 g/mol. The molecular formula is C12H13BN2O6S. The summed E-state index contributed by atoms with van der Waals surface area (Å²) in [6.07, 6.45) is 2.25. The second-order valence-corrected chi connectivity index (χ2v) is 6.19. The van der Waals surface area contributed by atoms with Crippen LogP contribution in [0.15, 0.2) is 36.9 Å². The standard InChI is InChI=1S/C12H13BN2O6S/c1-7-8(2)21-13(20-7)9-5-10(12(19-3)14-6-9)11(16)15-22(4,17)18/h5-6H,1-2H2,3-4H3,(H,15,16). The molecule has 1 saturated heterocycles. The number of aromatic nitrogens is 1. The number of hydrogen-bond donors (Lipinski definition) is 1. The van der Waals surface area contributed by atoms with Crippen molar-refractivity contribution in [2.24, 2.45) is 0 Å². The van der Waals surface area contributed by atoms with Crippen LogP contribution in [0.4, 0.5) is 0 Å². The van der Waals surface area contributed by atoms with E-state index in [2.05, 4.69) is 18.1 Å². The first-order valence-corrected chi connectivity index (χ1v) is 7.88. The summed E-state index contributed by atoms with van der Waals surface area (Å²) in [6, 6.07) is 1.36. The molecule has 0 aromatic carbocycles. The Hall–Kier alpha value is -2.49. The van der Waals surface area contributed by atoms with Crippen LogP contribution in [-0.4, -0.2) is 39.8 Å². The van der Waals surface area contributed by atoms with Crippen LogP contribution in [0.1, 0.15) is 10.4 Å². The summed E-state index contributed by atoms with van der Waals surface area (Å²) in [5, 5.41) is 0. The third kappa shape index (κ3) is 3.39. The maximum atomic E-state index is 12.0. The second-order valence-electron chi connectivity index (χ2n) is 4.44. The van der Waals surface area contributed by atoms with Crippen molar-refractivity contribution in [2.45, 2.75) is 0 Å². The van der Waals surface area contributed by atoms with Crippen LogP contribution >= 0.6 is 0 Å². The number of amides is 1. The zero-order valence-electron chi connectivity index (χ0n) is 12.0. The maximum Gasteiger partial charge on any atom is 0.634 e. The zero-order valence-corrected chi connectivity index (χ0v) is 12.8. The molecule has 1 aromatic rings. The Kier molecular flexibility index (Phi) is 4.13. The van der Waals surface area contributed by atoms with Crippen molar-refractivity contribution in [3.05, 3.63) is 42.5 Å². The van der Waals surface area contributed by atoms with Gasteiger partial charge in [0.05, 0.1) is 13.4 Å². The number of rotatable bonds is 4. The molecule has 1 aromatic heterocycles. The summed E-state index contributed by atoms with van der Waals surface area (Å²) >= 11 is 0. The Morgan fingerprint density at radius 2 is 1.95 bits per heavy atom. The molecule has 116 valence electrons. The van der Waals surface area contributed by atoms with Gasteiger partial charge in [0.25, 0.3) is 5.91 Å². The lowest BCUT2D eigenvalue weighted by atomic mass is 9.80. The molecule has 1 N–H and O–H groups in total. The number of methoxy groups -OCH3 is 1. The van der Waals surface area contributed by atoms with Crippen molar-refractivity contribution in [3.63, 3.8) is 0 Å². The number of nitrogens with zero attached hydrogens (tertiary/aromatic N) is 1. The van der Waals surface area contributed by atoms with Crippen molar-refractivity contribution in [2.75, 3.05) is 13.4 Å². The second kappa shape index (κ2) is 5.72. The average Bonchev–Trinajstić information content (AvgIpc) is 2.76. The van der Waals surface area contributed by atoms with E-state index in [0.29, 0.717) is 5.46 Å². The van der Waals surface area contributed by atoms with Crippen molar-refractivity contribution < 1.29 is 27.3 Å². The first kappa shape index (κ1) is 15.9. The van der Waals surface area contributed by atoms with Crippen molar-refractivity contribution in [1.82, 2.24) is 9.71 Å². The van der Waals surface area contributed by atoms with Gasteiger partial charge in [-0.3, -0.25) is 4.79 Å². The van der Waals surface area contributed by atoms with Crippen LogP contribution in [0.2, 0.25) is 0 Å². The molecule has 0 bridgehead atoms. The maximum absolute atomic E-state index is 12.0. The highest BCUT2D eigenvalue weighted by Gasteiger charge is 2.36. The third-order valence-electron chi connectivity index (χ3n) is 2.67. The number of carbonyl (C=O) groups excluding carboxylic acids is 1. The monoisotopic (exact) mass is 324 g/mol. The van der Waals surface area contributed by atoms with E-state index in [1.54, 1.807) is 0 Å². The molecule has 8 nitrogen and oxygen atoms in total. The number of hydrogen-bond acceptors (Lipinski definition) is 7. The molecule has 22 heavy (non-hydrogen) atoms. The molecule has 1 aliphatic rings. The molecule has 0 atom stereocenters. The number of nitrogens with one attached hydrogen (secondary N) is 1. The van der Waals surface area contributed by atoms with Crippen LogP contribution in [0, 0.1) is 0 Å². The van der Waals surface area contributed by atoms with Gasteiger partial charge in [-0.15, -0.1) is 0 Å². The minimum atomic E-state index is -3.72. The predicted molar refractivity (Wildman–Crippen MR) is 78.9 cm³/mol. The normalized spacial score (nSPS) is 14.4. The Morgan fingerprint density at radius 1 is 1.36 bits per heavy atom. The Morgan fingerprint density at radius 3 is 2.45 bits per heavy atom. The lowest BCUT2D eigenvalue weighted by Crippen LogP contribution is -2.35. The fourth-order valence-corrected chi connectivity index (χ4v) is 2.14. The highest BCUT2D eigenvalue weighted by molar-refractivity contribution is 7.89. The molecule has 0 aliphatic carbocycles. The van der Waals surface area contributed by atoms with Gasteiger partial charge in [-0.05, 0) is 6.07 Å². The van der Waals surface area contributed by atoms with Crippen LogP contribution in [0.5, 0.6) is 5.88 Å². The lowest BCUT2D eigenvalue weighted by Gasteiger charge is -2.10. The van der Waals surface area contributed by atoms with Crippen molar-refractivity contribution in [1.29, 1.82) is 0 Å². The molecule has 1 aliphatic heterocycles. The topological polar surface area (TPSA) is 104 Å². The molecule has 10 heteroatoms. The third-order valence-corrected chi connectivity index (χ3v) is 3.23. The van der Waals surface area contributed by atoms with Crippen molar-refractivity contribution in [3.8, 4) is 5.88 Å². The minimum Gasteiger partial charge on any atom is -0.520 e. The minimum absolute atomic E-state index is 0.0273. The van der Waals surface area contributed by atoms with Crippen LogP contribution in [-0.2, 0) is 19.3 Å². The molecule has 0 unspecified atom stereocenters. The Balaban J connectivity index is 2.36. The van der Waals surface area contributed by atoms with Gasteiger partial charge in [0.1, 0.15) is 17.1 Å². The first-order valence-electron chi connectivity index (χ1n) is 5.99. The van der Waals surface area contributed by atoms with Gasteiger partial charge in [-0.1, -0.05) is 13.2 Å². The van der Waals surface area contributed by atoms with E-state index < -0.39 is 23.0 Å². The number of pyridine rings is 1. The molecule has 2 heterocycles. The number of carbonyl (C=O) groups is 1. The zero-order chi connectivity index (χ0) is 16.5. The van der Waals surface area contributed by atoms with Gasteiger partial charge in [-0.25, -0.2) is 18.1 Å². The van der Waals surface area contributed by atoms with E-state index in [-0.39, 0.29) is 23.0 Å². The summed E-state index contributed by atoms with van der Waals surface area (Å²) in [6.45, 7) is 7.20. The molecule has 0 radical (unpaired) electrons. The largest absolute Gasteiger partial charge is 0.634 e. The number of sulfonamides is 1. The predicted octanol–water partition coefficient (Wildman–Crippen LogP) is -0.451. The van der Waals surface area contributed by atoms with Gasteiger partial charge in [0, 0.05) is 11.7 Å². The molecule has 1 amide bonds. The van der Waals surface area contributed by atoms with E-state index in [4.69, 9.17) is 14.0 Å². The molecule has 0 spiro atoms. The van der Waals surface area contributed by atoms with E-state index in [9.17, 15) is 13.2 Å². The highest BCUT2D eigenvalue weighted by atomic mass is 32.2. The molecule has 0 saturated carbocycles. The average molecular weight is 324 g/mol. The van der Waals surface area contributed by atoms with Crippen LogP contribution in [0.3, 0.4) is 0 Å². The van der Waals surface area contributed by atoms with E-state index in [1.165, 1.54) is 19.4 Å². The van der Waals surface area contributed by atoms with E-state index in [0.717, 1.165) is 6.26 Å². The van der Waals surface area contributed by atoms with Gasteiger partial charge in [-0.2, -0.15) is 0 Å². The Labute approximate surface area is 128 Å². The SMILES string of the molecule is C=C1OB(c2cnc(OC)c(C(=O)NS(C)(=O)=O)c2)OC1=C. The van der Waals surface area contributed by atoms with Crippen LogP contribution < -0.4 is 14.9 Å². The summed E-state index contributed by atoms with van der Waals surface area (Å²) in [4.78, 5) is 16.0. The van der Waals surface area contributed by atoms with Gasteiger partial charge in [0.2, 0.25) is 15.9 Å². The van der Waals surface area contributed by atoms with E-state index >= 15 is 0 Å². The van der Waals surface area contributed by atoms with Crippen LogP contribution in [0.25, 0.3) is 0 Å².